The third kappa shape index (κ3) is 5.47. The Morgan fingerprint density at radius 2 is 1.73 bits per heavy atom. The van der Waals surface area contributed by atoms with Crippen molar-refractivity contribution in [1.29, 1.82) is 0 Å². The van der Waals surface area contributed by atoms with Crippen LogP contribution >= 0.6 is 11.6 Å². The van der Waals surface area contributed by atoms with Crippen molar-refractivity contribution in [2.75, 3.05) is 6.54 Å². The smallest absolute Gasteiger partial charge is 0.315 e. The molecule has 2 rings (SSSR count). The molecule has 0 fully saturated rings. The summed E-state index contributed by atoms with van der Waals surface area (Å²) in [6, 6.07) is 12.8. The second-order valence-corrected chi connectivity index (χ2v) is 4.91. The number of benzene rings is 2. The fourth-order valence-corrected chi connectivity index (χ4v) is 1.78. The van der Waals surface area contributed by atoms with Crippen molar-refractivity contribution >= 4 is 17.6 Å². The normalized spacial score (nSPS) is 9.55. The lowest BCUT2D eigenvalue weighted by Crippen LogP contribution is -2.35. The lowest BCUT2D eigenvalue weighted by atomic mass is 10.2. The molecule has 2 aromatic carbocycles. The van der Waals surface area contributed by atoms with E-state index in [0.717, 1.165) is 5.56 Å². The van der Waals surface area contributed by atoms with Crippen molar-refractivity contribution in [2.24, 2.45) is 0 Å². The number of rotatable bonds is 3. The van der Waals surface area contributed by atoms with Crippen LogP contribution in [0, 0.1) is 17.7 Å². The van der Waals surface area contributed by atoms with Crippen LogP contribution in [0.15, 0.2) is 48.5 Å². The van der Waals surface area contributed by atoms with Crippen LogP contribution in [0.4, 0.5) is 9.18 Å². The Morgan fingerprint density at radius 3 is 2.41 bits per heavy atom. The number of nitrogens with one attached hydrogen (secondary N) is 2. The van der Waals surface area contributed by atoms with Gasteiger partial charge in [-0.2, -0.15) is 0 Å². The van der Waals surface area contributed by atoms with Crippen molar-refractivity contribution in [3.8, 4) is 11.8 Å². The lowest BCUT2D eigenvalue weighted by Gasteiger charge is -2.05. The number of halogens is 2. The highest BCUT2D eigenvalue weighted by Crippen LogP contribution is 2.08. The third-order valence-corrected chi connectivity index (χ3v) is 3.03. The van der Waals surface area contributed by atoms with E-state index in [1.165, 1.54) is 12.1 Å². The topological polar surface area (TPSA) is 41.1 Å². The first-order valence-electron chi connectivity index (χ1n) is 6.64. The molecule has 2 amide bonds. The molecule has 0 aromatic heterocycles. The van der Waals surface area contributed by atoms with Crippen LogP contribution in [0.5, 0.6) is 0 Å². The summed E-state index contributed by atoms with van der Waals surface area (Å²) in [5, 5.41) is 5.99. The molecular weight excluding hydrogens is 303 g/mol. The van der Waals surface area contributed by atoms with E-state index in [2.05, 4.69) is 22.5 Å². The van der Waals surface area contributed by atoms with Crippen molar-refractivity contribution in [3.05, 3.63) is 70.5 Å². The van der Waals surface area contributed by atoms with E-state index >= 15 is 0 Å². The highest BCUT2D eigenvalue weighted by Gasteiger charge is 1.98. The molecule has 2 N–H and O–H groups in total. The number of urea groups is 1. The van der Waals surface area contributed by atoms with E-state index in [9.17, 15) is 9.18 Å². The molecule has 0 spiro atoms. The van der Waals surface area contributed by atoms with E-state index in [-0.39, 0.29) is 18.4 Å². The molecule has 0 unspecified atom stereocenters. The third-order valence-electron chi connectivity index (χ3n) is 2.78. The molecule has 5 heteroatoms. The Hall–Kier alpha value is -2.51. The largest absolute Gasteiger partial charge is 0.334 e. The van der Waals surface area contributed by atoms with Crippen LogP contribution in [-0.4, -0.2) is 12.6 Å². The zero-order chi connectivity index (χ0) is 15.8. The number of carbonyl (C=O) groups excluding carboxylic acids is 1. The quantitative estimate of drug-likeness (QED) is 0.838. The first kappa shape index (κ1) is 15.9. The number of hydrogen-bond acceptors (Lipinski definition) is 1. The number of hydrogen-bond donors (Lipinski definition) is 2. The van der Waals surface area contributed by atoms with Gasteiger partial charge in [0.1, 0.15) is 5.82 Å². The summed E-state index contributed by atoms with van der Waals surface area (Å²) in [6.45, 7) is 0.623. The Morgan fingerprint density at radius 1 is 1.05 bits per heavy atom. The zero-order valence-corrected chi connectivity index (χ0v) is 12.5. The standard InChI is InChI=1S/C17H14ClFN2O/c18-15-7-3-14(4-8-15)12-21-17(22)20-11-1-2-13-5-9-16(19)10-6-13/h3-10H,11-12H2,(H2,20,21,22). The van der Waals surface area contributed by atoms with E-state index in [4.69, 9.17) is 11.6 Å². The summed E-state index contributed by atoms with van der Waals surface area (Å²) in [5.74, 6) is 5.33. The van der Waals surface area contributed by atoms with Crippen molar-refractivity contribution in [3.63, 3.8) is 0 Å². The predicted molar refractivity (Wildman–Crippen MR) is 85.0 cm³/mol. The lowest BCUT2D eigenvalue weighted by molar-refractivity contribution is 0.241. The van der Waals surface area contributed by atoms with Gasteiger partial charge in [0.05, 0.1) is 6.54 Å². The average Bonchev–Trinajstić information content (AvgIpc) is 2.53. The van der Waals surface area contributed by atoms with Gasteiger partial charge in [0.25, 0.3) is 0 Å². The Balaban J connectivity index is 1.72. The van der Waals surface area contributed by atoms with Crippen LogP contribution < -0.4 is 10.6 Å². The van der Waals surface area contributed by atoms with E-state index in [0.29, 0.717) is 17.1 Å². The minimum absolute atomic E-state index is 0.212. The minimum atomic E-state index is -0.302. The molecule has 2 aromatic rings. The van der Waals surface area contributed by atoms with Crippen LogP contribution in [0.3, 0.4) is 0 Å². The van der Waals surface area contributed by atoms with Crippen LogP contribution in [0.2, 0.25) is 5.02 Å². The SMILES string of the molecule is O=C(NCC#Cc1ccc(F)cc1)NCc1ccc(Cl)cc1. The van der Waals surface area contributed by atoms with Crippen LogP contribution in [0.1, 0.15) is 11.1 Å². The van der Waals surface area contributed by atoms with Gasteiger partial charge in [-0.25, -0.2) is 9.18 Å². The molecule has 0 aliphatic carbocycles. The molecule has 22 heavy (non-hydrogen) atoms. The van der Waals surface area contributed by atoms with E-state index in [1.807, 2.05) is 12.1 Å². The monoisotopic (exact) mass is 316 g/mol. The molecule has 0 atom stereocenters. The summed E-state index contributed by atoms with van der Waals surface area (Å²) in [6.07, 6.45) is 0. The van der Waals surface area contributed by atoms with Gasteiger partial charge in [-0.1, -0.05) is 35.6 Å². The summed E-state index contributed by atoms with van der Waals surface area (Å²) in [7, 11) is 0. The molecule has 0 saturated carbocycles. The van der Waals surface area contributed by atoms with Crippen molar-refractivity contribution < 1.29 is 9.18 Å². The highest BCUT2D eigenvalue weighted by molar-refractivity contribution is 6.30. The molecule has 0 saturated heterocycles. The molecule has 0 radical (unpaired) electrons. The van der Waals surface area contributed by atoms with Gasteiger partial charge < -0.3 is 10.6 Å². The molecule has 112 valence electrons. The first-order chi connectivity index (χ1) is 10.6. The van der Waals surface area contributed by atoms with Crippen molar-refractivity contribution in [1.82, 2.24) is 10.6 Å². The molecule has 0 heterocycles. The summed E-state index contributed by atoms with van der Waals surface area (Å²) in [4.78, 5) is 11.6. The summed E-state index contributed by atoms with van der Waals surface area (Å²) >= 11 is 5.78. The van der Waals surface area contributed by atoms with Crippen LogP contribution in [-0.2, 0) is 6.54 Å². The van der Waals surface area contributed by atoms with E-state index < -0.39 is 0 Å². The fourth-order valence-electron chi connectivity index (χ4n) is 1.65. The summed E-state index contributed by atoms with van der Waals surface area (Å²) < 4.78 is 12.7. The van der Waals surface area contributed by atoms with Gasteiger partial charge >= 0.3 is 6.03 Å². The van der Waals surface area contributed by atoms with Gasteiger partial charge in [0, 0.05) is 17.1 Å². The minimum Gasteiger partial charge on any atom is -0.334 e. The molecule has 3 nitrogen and oxygen atoms in total. The maximum Gasteiger partial charge on any atom is 0.315 e. The first-order valence-corrected chi connectivity index (χ1v) is 7.02. The molecule has 0 bridgehead atoms. The number of carbonyl (C=O) groups is 1. The van der Waals surface area contributed by atoms with Gasteiger partial charge in [0.2, 0.25) is 0 Å². The highest BCUT2D eigenvalue weighted by atomic mass is 35.5. The molecular formula is C17H14ClFN2O. The van der Waals surface area contributed by atoms with E-state index in [1.54, 1.807) is 24.3 Å². The molecule has 0 aliphatic heterocycles. The van der Waals surface area contributed by atoms with Gasteiger partial charge in [0.15, 0.2) is 0 Å². The average molecular weight is 317 g/mol. The van der Waals surface area contributed by atoms with Crippen molar-refractivity contribution in [2.45, 2.75) is 6.54 Å². The zero-order valence-electron chi connectivity index (χ0n) is 11.7. The predicted octanol–water partition coefficient (Wildman–Crippen LogP) is 3.33. The Labute approximate surface area is 133 Å². The molecule has 0 aliphatic rings. The number of amides is 2. The maximum absolute atomic E-state index is 12.7. The van der Waals surface area contributed by atoms with Gasteiger partial charge in [-0.05, 0) is 42.0 Å². The Kier molecular flexibility index (Phi) is 5.81. The second kappa shape index (κ2) is 8.06. The maximum atomic E-state index is 12.7. The summed E-state index contributed by atoms with van der Waals surface area (Å²) in [5.41, 5.74) is 1.65. The Bertz CT molecular complexity index is 687. The van der Waals surface area contributed by atoms with Gasteiger partial charge in [-0.15, -0.1) is 0 Å². The fraction of sp³-hybridized carbons (Fsp3) is 0.118. The van der Waals surface area contributed by atoms with Gasteiger partial charge in [-0.3, -0.25) is 0 Å². The van der Waals surface area contributed by atoms with Crippen LogP contribution in [0.25, 0.3) is 0 Å². The second-order valence-electron chi connectivity index (χ2n) is 4.47.